The molecule has 1 aromatic carbocycles. The number of ether oxygens (including phenoxy) is 2. The van der Waals surface area contributed by atoms with Crippen molar-refractivity contribution in [1.82, 2.24) is 15.7 Å². The first-order valence-electron chi connectivity index (χ1n) is 10.1. The number of nitrogens with zero attached hydrogens (tertiary/aromatic N) is 4. The number of thiocarbonyl (C=S) groups is 1. The lowest BCUT2D eigenvalue weighted by atomic mass is 10.2. The summed E-state index contributed by atoms with van der Waals surface area (Å²) in [5.41, 5.74) is 5.96. The predicted molar refractivity (Wildman–Crippen MR) is 125 cm³/mol. The Balaban J connectivity index is 0.00000124. The standard InChI is InChI=1S/C19H22N6O2S.C2H6/c1-20-23-19(15-3-2-4-18(22-15)24-9-7-21-8-10-24)25(12-28)14-5-6-16-17(11-14)27-13-26-16;1-2/h2-6,11-12,20-21H,7-10,13H2,1H3;1-2H3/b23-19-;. The van der Waals surface area contributed by atoms with Crippen molar-refractivity contribution in [2.24, 2.45) is 5.10 Å². The second-order valence-electron chi connectivity index (χ2n) is 6.29. The van der Waals surface area contributed by atoms with Gasteiger partial charge in [0.2, 0.25) is 6.79 Å². The summed E-state index contributed by atoms with van der Waals surface area (Å²) >= 11 is 5.31. The quantitative estimate of drug-likeness (QED) is 0.326. The van der Waals surface area contributed by atoms with Crippen LogP contribution in [0, 0.1) is 0 Å². The van der Waals surface area contributed by atoms with Crippen molar-refractivity contribution in [3.63, 3.8) is 0 Å². The maximum atomic E-state index is 5.50. The molecule has 0 amide bonds. The Bertz CT molecular complexity index is 886. The summed E-state index contributed by atoms with van der Waals surface area (Å²) in [7, 11) is 1.75. The molecule has 1 fully saturated rings. The molecule has 0 spiro atoms. The maximum Gasteiger partial charge on any atom is 0.231 e. The van der Waals surface area contributed by atoms with E-state index in [4.69, 9.17) is 26.7 Å². The molecule has 3 heterocycles. The van der Waals surface area contributed by atoms with Gasteiger partial charge in [-0.2, -0.15) is 5.10 Å². The van der Waals surface area contributed by atoms with Crippen molar-refractivity contribution >= 4 is 35.1 Å². The Labute approximate surface area is 182 Å². The molecule has 9 heteroatoms. The molecule has 0 aliphatic carbocycles. The van der Waals surface area contributed by atoms with Gasteiger partial charge in [0.15, 0.2) is 17.3 Å². The molecule has 0 bridgehead atoms. The number of fused-ring (bicyclic) bond motifs is 1. The van der Waals surface area contributed by atoms with Crippen LogP contribution < -0.4 is 30.0 Å². The molecular formula is C21H28N6O2S. The van der Waals surface area contributed by atoms with Gasteiger partial charge < -0.3 is 25.1 Å². The number of anilines is 2. The second kappa shape index (κ2) is 10.7. The van der Waals surface area contributed by atoms with Gasteiger partial charge in [0.05, 0.1) is 11.2 Å². The molecule has 1 saturated heterocycles. The summed E-state index contributed by atoms with van der Waals surface area (Å²) in [5, 5.41) is 7.81. The van der Waals surface area contributed by atoms with Gasteiger partial charge in [-0.25, -0.2) is 4.98 Å². The van der Waals surface area contributed by atoms with E-state index in [1.54, 1.807) is 17.4 Å². The van der Waals surface area contributed by atoms with E-state index in [1.807, 2.05) is 50.2 Å². The monoisotopic (exact) mass is 428 g/mol. The van der Waals surface area contributed by atoms with Gasteiger partial charge in [0.1, 0.15) is 11.5 Å². The highest BCUT2D eigenvalue weighted by Crippen LogP contribution is 2.35. The van der Waals surface area contributed by atoms with Crippen LogP contribution >= 0.6 is 12.2 Å². The third-order valence-corrected chi connectivity index (χ3v) is 4.80. The van der Waals surface area contributed by atoms with Gasteiger partial charge in [-0.05, 0) is 24.3 Å². The van der Waals surface area contributed by atoms with E-state index in [0.29, 0.717) is 11.6 Å². The second-order valence-corrected chi connectivity index (χ2v) is 6.50. The molecule has 4 rings (SSSR count). The minimum absolute atomic E-state index is 0.224. The highest BCUT2D eigenvalue weighted by atomic mass is 32.1. The van der Waals surface area contributed by atoms with Crippen LogP contribution in [0.5, 0.6) is 11.5 Å². The molecule has 2 N–H and O–H groups in total. The fourth-order valence-corrected chi connectivity index (χ4v) is 3.45. The number of piperazine rings is 1. The van der Waals surface area contributed by atoms with Crippen LogP contribution in [0.25, 0.3) is 0 Å². The number of nitrogens with one attached hydrogen (secondary N) is 2. The molecule has 0 atom stereocenters. The number of amidine groups is 1. The third-order valence-electron chi connectivity index (χ3n) is 4.59. The molecule has 2 aromatic rings. The number of hydrogen-bond donors (Lipinski definition) is 2. The van der Waals surface area contributed by atoms with Crippen molar-refractivity contribution in [1.29, 1.82) is 0 Å². The highest BCUT2D eigenvalue weighted by molar-refractivity contribution is 7.79. The minimum Gasteiger partial charge on any atom is -0.454 e. The highest BCUT2D eigenvalue weighted by Gasteiger charge is 2.21. The van der Waals surface area contributed by atoms with Crippen LogP contribution in [-0.2, 0) is 0 Å². The van der Waals surface area contributed by atoms with Gasteiger partial charge in [-0.15, -0.1) is 0 Å². The van der Waals surface area contributed by atoms with Crippen LogP contribution in [0.2, 0.25) is 0 Å². The summed E-state index contributed by atoms with van der Waals surface area (Å²) < 4.78 is 10.9. The average Bonchev–Trinajstić information content (AvgIpc) is 3.29. The van der Waals surface area contributed by atoms with E-state index in [2.05, 4.69) is 20.7 Å². The minimum atomic E-state index is 0.224. The number of hydrogen-bond acceptors (Lipinski definition) is 8. The molecule has 0 unspecified atom stereocenters. The van der Waals surface area contributed by atoms with Gasteiger partial charge in [0, 0.05) is 39.3 Å². The molecular weight excluding hydrogens is 400 g/mol. The van der Waals surface area contributed by atoms with Crippen molar-refractivity contribution < 1.29 is 9.47 Å². The van der Waals surface area contributed by atoms with Gasteiger partial charge >= 0.3 is 0 Å². The molecule has 160 valence electrons. The summed E-state index contributed by atoms with van der Waals surface area (Å²) in [5.74, 6) is 2.94. The Morgan fingerprint density at radius 3 is 2.70 bits per heavy atom. The molecule has 8 nitrogen and oxygen atoms in total. The zero-order valence-corrected chi connectivity index (χ0v) is 18.4. The number of hydrazone groups is 1. The molecule has 2 aliphatic rings. The Hall–Kier alpha value is -2.91. The summed E-state index contributed by atoms with van der Waals surface area (Å²) in [6, 6.07) is 11.6. The Morgan fingerprint density at radius 2 is 1.97 bits per heavy atom. The lowest BCUT2D eigenvalue weighted by molar-refractivity contribution is 0.174. The fraction of sp³-hybridized carbons (Fsp3) is 0.381. The van der Waals surface area contributed by atoms with E-state index in [0.717, 1.165) is 49.1 Å². The van der Waals surface area contributed by atoms with Crippen molar-refractivity contribution in [3.8, 4) is 11.5 Å². The Morgan fingerprint density at radius 1 is 1.20 bits per heavy atom. The van der Waals surface area contributed by atoms with Crippen LogP contribution in [0.1, 0.15) is 19.5 Å². The summed E-state index contributed by atoms with van der Waals surface area (Å²) in [6.45, 7) is 7.98. The van der Waals surface area contributed by atoms with Gasteiger partial charge in [-0.3, -0.25) is 4.90 Å². The van der Waals surface area contributed by atoms with Gasteiger partial charge in [0.25, 0.3) is 0 Å². The first kappa shape index (κ1) is 21.8. The Kier molecular flexibility index (Phi) is 7.81. The average molecular weight is 429 g/mol. The first-order chi connectivity index (χ1) is 14.8. The van der Waals surface area contributed by atoms with Crippen molar-refractivity contribution in [2.45, 2.75) is 13.8 Å². The zero-order chi connectivity index (χ0) is 21.3. The normalized spacial score (nSPS) is 15.2. The number of benzene rings is 1. The molecule has 1 aromatic heterocycles. The maximum absolute atomic E-state index is 5.50. The molecule has 2 aliphatic heterocycles. The van der Waals surface area contributed by atoms with Crippen LogP contribution in [0.4, 0.5) is 11.5 Å². The molecule has 30 heavy (non-hydrogen) atoms. The van der Waals surface area contributed by atoms with Crippen LogP contribution in [0.3, 0.4) is 0 Å². The summed E-state index contributed by atoms with van der Waals surface area (Å²) in [6.07, 6.45) is 0. The smallest absolute Gasteiger partial charge is 0.231 e. The number of pyridine rings is 1. The van der Waals surface area contributed by atoms with E-state index < -0.39 is 0 Å². The van der Waals surface area contributed by atoms with Gasteiger partial charge in [-0.1, -0.05) is 32.1 Å². The van der Waals surface area contributed by atoms with E-state index >= 15 is 0 Å². The lowest BCUT2D eigenvalue weighted by Crippen LogP contribution is -2.44. The largest absolute Gasteiger partial charge is 0.454 e. The molecule has 0 radical (unpaired) electrons. The first-order valence-corrected chi connectivity index (χ1v) is 10.6. The van der Waals surface area contributed by atoms with Crippen LogP contribution in [0.15, 0.2) is 41.5 Å². The van der Waals surface area contributed by atoms with E-state index in [9.17, 15) is 0 Å². The summed E-state index contributed by atoms with van der Waals surface area (Å²) in [4.78, 5) is 8.91. The van der Waals surface area contributed by atoms with E-state index in [-0.39, 0.29) is 6.79 Å². The predicted octanol–water partition coefficient (Wildman–Crippen LogP) is 2.59. The van der Waals surface area contributed by atoms with Crippen LogP contribution in [-0.4, -0.2) is 56.3 Å². The number of aromatic nitrogens is 1. The van der Waals surface area contributed by atoms with Crippen molar-refractivity contribution in [3.05, 3.63) is 42.1 Å². The fourth-order valence-electron chi connectivity index (χ4n) is 3.23. The topological polar surface area (TPSA) is 74.3 Å². The SMILES string of the molecule is CC.CN/N=C(/c1cccc(N2CCNCC2)n1)N(C=S)c1ccc2c(c1)OCO2. The number of rotatable bonds is 5. The third kappa shape index (κ3) is 4.80. The van der Waals surface area contributed by atoms with E-state index in [1.165, 1.54) is 0 Å². The zero-order valence-electron chi connectivity index (χ0n) is 17.6. The lowest BCUT2D eigenvalue weighted by Gasteiger charge is -2.29. The molecule has 0 saturated carbocycles. The van der Waals surface area contributed by atoms with Crippen molar-refractivity contribution in [2.75, 3.05) is 49.8 Å².